The van der Waals surface area contributed by atoms with Gasteiger partial charge in [0.1, 0.15) is 5.71 Å². The molecule has 8 nitrogen and oxygen atoms in total. The number of aliphatic hydroxyl groups is 1. The summed E-state index contributed by atoms with van der Waals surface area (Å²) < 4.78 is 0. The number of carbonyl (C=O) groups is 2. The summed E-state index contributed by atoms with van der Waals surface area (Å²) >= 11 is 0. The molecule has 0 aliphatic carbocycles. The van der Waals surface area contributed by atoms with E-state index in [4.69, 9.17) is 5.73 Å². The first-order valence-electron chi connectivity index (χ1n) is 12.1. The van der Waals surface area contributed by atoms with Crippen LogP contribution in [0.1, 0.15) is 46.1 Å². The average molecular weight is 512 g/mol. The molecule has 2 rings (SSSR count). The highest BCUT2D eigenvalue weighted by molar-refractivity contribution is 7.36. The molecule has 2 unspecified atom stereocenters. The summed E-state index contributed by atoms with van der Waals surface area (Å²) in [7, 11) is 0.963. The van der Waals surface area contributed by atoms with Gasteiger partial charge >= 0.3 is 0 Å². The highest BCUT2D eigenvalue weighted by Gasteiger charge is 2.29. The smallest absolute Gasteiger partial charge is 0.280 e. The Balaban J connectivity index is 2.26. The van der Waals surface area contributed by atoms with Gasteiger partial charge in [0.25, 0.3) is 5.91 Å². The number of nitrogens with zero attached hydrogens (tertiary/aromatic N) is 3. The largest absolute Gasteiger partial charge is 0.390 e. The van der Waals surface area contributed by atoms with Crippen LogP contribution in [0.25, 0.3) is 11.3 Å². The van der Waals surface area contributed by atoms with Crippen LogP contribution in [0, 0.1) is 5.41 Å². The number of pyridine rings is 1. The maximum absolute atomic E-state index is 13.2. The Morgan fingerprint density at radius 3 is 2.47 bits per heavy atom. The molecule has 0 spiro atoms. The second-order valence-corrected chi connectivity index (χ2v) is 10.6. The molecule has 0 saturated heterocycles. The molecule has 9 heteroatoms. The maximum atomic E-state index is 13.2. The average Bonchev–Trinajstić information content (AvgIpc) is 2.85. The molecular formula is C27H38N5O3P. The van der Waals surface area contributed by atoms with E-state index in [9.17, 15) is 14.7 Å². The predicted molar refractivity (Wildman–Crippen MR) is 148 cm³/mol. The lowest BCUT2D eigenvalue weighted by Gasteiger charge is -2.30. The number of carbonyl (C=O) groups excluding carboxylic acids is 2. The van der Waals surface area contributed by atoms with Crippen molar-refractivity contribution in [2.75, 3.05) is 12.7 Å². The number of hydrogen-bond donors (Lipinski definition) is 3. The first-order chi connectivity index (χ1) is 17.0. The lowest BCUT2D eigenvalue weighted by molar-refractivity contribution is -0.122. The monoisotopic (exact) mass is 511 g/mol. The van der Waals surface area contributed by atoms with Gasteiger partial charge in [0.15, 0.2) is 0 Å². The van der Waals surface area contributed by atoms with Gasteiger partial charge in [-0.05, 0) is 30.3 Å². The molecular weight excluding hydrogens is 473 g/mol. The molecule has 0 radical (unpaired) electrons. The van der Waals surface area contributed by atoms with Crippen molar-refractivity contribution in [3.8, 4) is 11.3 Å². The first kappa shape index (κ1) is 29.5. The lowest BCUT2D eigenvalue weighted by Crippen LogP contribution is -2.53. The Hall–Kier alpha value is -2.77. The van der Waals surface area contributed by atoms with Gasteiger partial charge in [0.05, 0.1) is 11.8 Å². The van der Waals surface area contributed by atoms with Gasteiger partial charge in [-0.15, -0.1) is 8.20 Å². The number of aromatic nitrogens is 1. The minimum atomic E-state index is -0.868. The molecule has 2 amide bonds. The van der Waals surface area contributed by atoms with Gasteiger partial charge in [0, 0.05) is 42.7 Å². The van der Waals surface area contributed by atoms with Crippen LogP contribution in [0.3, 0.4) is 0 Å². The number of amides is 2. The number of rotatable bonds is 12. The molecule has 2 aromatic rings. The quantitative estimate of drug-likeness (QED) is 0.228. The van der Waals surface area contributed by atoms with Crippen LogP contribution in [0.5, 0.6) is 0 Å². The standard InChI is InChI=1S/C27H38N5O3P/c1-6-24(34)30-25(27(2,3)4)26(35)31-32(18-23(33)21(28)14-16-36-5)17-19-10-12-20(13-11-19)22-9-7-8-15-29-22/h7-13,15,21,23,33H,5-6,14,16-18,28H2,1-4H3,(H,31,35). The van der Waals surface area contributed by atoms with Crippen molar-refractivity contribution in [3.05, 3.63) is 54.2 Å². The van der Waals surface area contributed by atoms with E-state index in [-0.39, 0.29) is 24.6 Å². The summed E-state index contributed by atoms with van der Waals surface area (Å²) in [6, 6.07) is 13.1. The third-order valence-corrected chi connectivity index (χ3v) is 6.11. The third kappa shape index (κ3) is 9.36. The van der Waals surface area contributed by atoms with Gasteiger partial charge in [-0.1, -0.05) is 64.3 Å². The number of nitrogens with one attached hydrogen (secondary N) is 1. The highest BCUT2D eigenvalue weighted by Crippen LogP contribution is 2.19. The topological polar surface area (TPSA) is 121 Å². The molecule has 194 valence electrons. The van der Waals surface area contributed by atoms with Crippen LogP contribution in [0.2, 0.25) is 0 Å². The van der Waals surface area contributed by atoms with Crippen LogP contribution in [-0.2, 0) is 16.1 Å². The third-order valence-electron chi connectivity index (χ3n) is 5.53. The van der Waals surface area contributed by atoms with E-state index in [2.05, 4.69) is 21.7 Å². The van der Waals surface area contributed by atoms with Crippen molar-refractivity contribution in [1.29, 1.82) is 0 Å². The number of hydrogen-bond acceptors (Lipinski definition) is 6. The van der Waals surface area contributed by atoms with E-state index in [1.165, 1.54) is 0 Å². The molecule has 0 bridgehead atoms. The lowest BCUT2D eigenvalue weighted by atomic mass is 9.89. The van der Waals surface area contributed by atoms with Crippen molar-refractivity contribution < 1.29 is 14.7 Å². The molecule has 0 fully saturated rings. The molecule has 1 heterocycles. The molecule has 0 saturated carbocycles. The van der Waals surface area contributed by atoms with E-state index in [0.29, 0.717) is 13.0 Å². The van der Waals surface area contributed by atoms with Crippen LogP contribution < -0.4 is 11.2 Å². The van der Waals surface area contributed by atoms with Crippen LogP contribution >= 0.6 is 8.20 Å². The molecule has 1 aromatic carbocycles. The zero-order valence-corrected chi connectivity index (χ0v) is 22.5. The Kier molecular flexibility index (Phi) is 11.5. The van der Waals surface area contributed by atoms with Crippen molar-refractivity contribution in [2.24, 2.45) is 16.1 Å². The van der Waals surface area contributed by atoms with E-state index >= 15 is 0 Å². The summed E-state index contributed by atoms with van der Waals surface area (Å²) in [5.74, 6) is -0.840. The molecule has 0 aliphatic heterocycles. The Morgan fingerprint density at radius 1 is 1.22 bits per heavy atom. The number of aliphatic hydroxyl groups excluding tert-OH is 1. The van der Waals surface area contributed by atoms with Crippen molar-refractivity contribution in [3.63, 3.8) is 0 Å². The first-order valence-corrected chi connectivity index (χ1v) is 13.4. The SMILES string of the molecule is C=PCCC(N)C(O)CN(Cc1ccc(-c2ccccn2)cc1)NC(=O)C(=NC(=O)CC)C(C)(C)C. The molecule has 4 N–H and O–H groups in total. The minimum Gasteiger partial charge on any atom is -0.390 e. The number of aliphatic imine (C=N–C) groups is 1. The molecule has 36 heavy (non-hydrogen) atoms. The van der Waals surface area contributed by atoms with E-state index in [1.54, 1.807) is 18.1 Å². The zero-order valence-electron chi connectivity index (χ0n) is 21.6. The fourth-order valence-electron chi connectivity index (χ4n) is 3.44. The van der Waals surface area contributed by atoms with E-state index < -0.39 is 23.5 Å². The number of benzene rings is 1. The maximum Gasteiger partial charge on any atom is 0.280 e. The fourth-order valence-corrected chi connectivity index (χ4v) is 3.92. The molecule has 1 aromatic heterocycles. The predicted octanol–water partition coefficient (Wildman–Crippen LogP) is 3.46. The Labute approximate surface area is 215 Å². The Bertz CT molecular complexity index is 1040. The number of nitrogens with two attached hydrogens (primary N) is 1. The van der Waals surface area contributed by atoms with Crippen LogP contribution in [-0.4, -0.2) is 63.8 Å². The Morgan fingerprint density at radius 2 is 1.92 bits per heavy atom. The van der Waals surface area contributed by atoms with E-state index in [0.717, 1.165) is 31.2 Å². The van der Waals surface area contributed by atoms with Crippen molar-refractivity contribution in [1.82, 2.24) is 15.4 Å². The van der Waals surface area contributed by atoms with Gasteiger partial charge in [-0.25, -0.2) is 10.0 Å². The van der Waals surface area contributed by atoms with Crippen LogP contribution in [0.15, 0.2) is 53.7 Å². The summed E-state index contributed by atoms with van der Waals surface area (Å²) in [5.41, 5.74) is 11.3. The fraction of sp³-hybridized carbons (Fsp3) is 0.444. The summed E-state index contributed by atoms with van der Waals surface area (Å²) in [6.45, 7) is 7.63. The minimum absolute atomic E-state index is 0.113. The van der Waals surface area contributed by atoms with Gasteiger partial charge < -0.3 is 10.8 Å². The van der Waals surface area contributed by atoms with Crippen molar-refractivity contribution >= 4 is 32.0 Å². The molecule has 2 atom stereocenters. The van der Waals surface area contributed by atoms with Gasteiger partial charge in [-0.2, -0.15) is 0 Å². The zero-order chi connectivity index (χ0) is 26.7. The summed E-state index contributed by atoms with van der Waals surface area (Å²) in [6.07, 6.45) is 6.28. The summed E-state index contributed by atoms with van der Waals surface area (Å²) in [5, 5.41) is 12.4. The van der Waals surface area contributed by atoms with Gasteiger partial charge in [0.2, 0.25) is 5.91 Å². The normalized spacial score (nSPS) is 14.0. The second-order valence-electron chi connectivity index (χ2n) is 9.66. The molecule has 0 aliphatic rings. The van der Waals surface area contributed by atoms with Crippen molar-refractivity contribution in [2.45, 2.75) is 59.2 Å². The second kappa shape index (κ2) is 14.1. The number of hydrazine groups is 1. The van der Waals surface area contributed by atoms with E-state index in [1.807, 2.05) is 63.2 Å². The summed E-state index contributed by atoms with van der Waals surface area (Å²) in [4.78, 5) is 33.7. The highest BCUT2D eigenvalue weighted by atomic mass is 31.1. The van der Waals surface area contributed by atoms with Crippen LogP contribution in [0.4, 0.5) is 0 Å². The van der Waals surface area contributed by atoms with Gasteiger partial charge in [-0.3, -0.25) is 20.0 Å².